The number of carbonyl (C=O) groups excluding carboxylic acids is 1. The molecule has 3 N–H and O–H groups in total. The van der Waals surface area contributed by atoms with Crippen LogP contribution in [0.25, 0.3) is 0 Å². The summed E-state index contributed by atoms with van der Waals surface area (Å²) in [5.41, 5.74) is 8.05. The van der Waals surface area contributed by atoms with Gasteiger partial charge in [-0.05, 0) is 55.5 Å². The Labute approximate surface area is 148 Å². The molecule has 0 heterocycles. The molecule has 3 rings (SSSR count). The van der Waals surface area contributed by atoms with E-state index in [0.717, 1.165) is 29.8 Å². The van der Waals surface area contributed by atoms with Gasteiger partial charge in [0.1, 0.15) is 5.75 Å². The average molecular weight is 347 g/mol. The summed E-state index contributed by atoms with van der Waals surface area (Å²) in [6.45, 7) is 0. The van der Waals surface area contributed by atoms with Crippen molar-refractivity contribution in [3.8, 4) is 5.75 Å². The van der Waals surface area contributed by atoms with Gasteiger partial charge < -0.3 is 15.8 Å². The summed E-state index contributed by atoms with van der Waals surface area (Å²) in [4.78, 5) is 12.1. The summed E-state index contributed by atoms with van der Waals surface area (Å²) in [7, 11) is 0. The lowest BCUT2D eigenvalue weighted by atomic mass is 10.1. The molecule has 1 aliphatic rings. The Morgan fingerprint density at radius 3 is 2.54 bits per heavy atom. The van der Waals surface area contributed by atoms with Crippen LogP contribution in [0.2, 0.25) is 0 Å². The Morgan fingerprint density at radius 2 is 1.83 bits per heavy atom. The fraction of sp³-hybridized carbons (Fsp3) is 0.316. The van der Waals surface area contributed by atoms with Crippen molar-refractivity contribution in [2.24, 2.45) is 0 Å². The first-order chi connectivity index (χ1) is 11.2. The molecule has 0 aromatic heterocycles. The minimum Gasteiger partial charge on any atom is -0.490 e. The van der Waals surface area contributed by atoms with E-state index in [1.54, 1.807) is 12.1 Å². The lowest BCUT2D eigenvalue weighted by Gasteiger charge is -2.14. The molecular formula is C19H23ClN2O2. The maximum atomic E-state index is 12.1. The van der Waals surface area contributed by atoms with E-state index < -0.39 is 0 Å². The van der Waals surface area contributed by atoms with E-state index in [4.69, 9.17) is 10.5 Å². The Bertz CT molecular complexity index is 667. The third kappa shape index (κ3) is 5.17. The molecule has 2 aromatic rings. The van der Waals surface area contributed by atoms with Crippen molar-refractivity contribution in [1.82, 2.24) is 0 Å². The van der Waals surface area contributed by atoms with Crippen LogP contribution in [-0.2, 0) is 11.2 Å². The number of rotatable bonds is 5. The monoisotopic (exact) mass is 346 g/mol. The minimum atomic E-state index is -0.0483. The van der Waals surface area contributed by atoms with Crippen LogP contribution < -0.4 is 15.8 Å². The van der Waals surface area contributed by atoms with E-state index >= 15 is 0 Å². The molecule has 1 fully saturated rings. The molecule has 2 aromatic carbocycles. The zero-order valence-corrected chi connectivity index (χ0v) is 14.4. The molecular weight excluding hydrogens is 324 g/mol. The van der Waals surface area contributed by atoms with Gasteiger partial charge in [-0.3, -0.25) is 4.79 Å². The molecule has 128 valence electrons. The van der Waals surface area contributed by atoms with Gasteiger partial charge in [0.05, 0.1) is 12.5 Å². The molecule has 0 aliphatic heterocycles. The Morgan fingerprint density at radius 1 is 1.12 bits per heavy atom. The molecule has 1 amide bonds. The second kappa shape index (κ2) is 8.60. The van der Waals surface area contributed by atoms with Crippen LogP contribution in [0.3, 0.4) is 0 Å². The highest BCUT2D eigenvalue weighted by molar-refractivity contribution is 5.92. The van der Waals surface area contributed by atoms with Crippen LogP contribution in [0.15, 0.2) is 48.5 Å². The van der Waals surface area contributed by atoms with Crippen LogP contribution in [-0.4, -0.2) is 12.0 Å². The van der Waals surface area contributed by atoms with Crippen molar-refractivity contribution in [3.05, 3.63) is 54.1 Å². The number of amides is 1. The van der Waals surface area contributed by atoms with Gasteiger partial charge in [0.25, 0.3) is 0 Å². The molecule has 0 unspecified atom stereocenters. The molecule has 1 saturated carbocycles. The number of ether oxygens (including phenoxy) is 1. The number of nitrogens with one attached hydrogen (secondary N) is 1. The van der Waals surface area contributed by atoms with Gasteiger partial charge in [0.15, 0.2) is 0 Å². The lowest BCUT2D eigenvalue weighted by molar-refractivity contribution is -0.115. The first-order valence-corrected chi connectivity index (χ1v) is 8.10. The molecule has 5 heteroatoms. The van der Waals surface area contributed by atoms with E-state index in [1.165, 1.54) is 12.8 Å². The zero-order chi connectivity index (χ0) is 16.1. The Hall–Kier alpha value is -2.20. The molecule has 0 bridgehead atoms. The van der Waals surface area contributed by atoms with Gasteiger partial charge in [-0.1, -0.05) is 18.2 Å². The van der Waals surface area contributed by atoms with Crippen LogP contribution in [0, 0.1) is 0 Å². The maximum absolute atomic E-state index is 12.1. The minimum absolute atomic E-state index is 0. The fourth-order valence-corrected chi connectivity index (χ4v) is 2.87. The van der Waals surface area contributed by atoms with E-state index in [0.29, 0.717) is 18.2 Å². The van der Waals surface area contributed by atoms with Crippen LogP contribution in [0.4, 0.5) is 11.4 Å². The highest BCUT2D eigenvalue weighted by atomic mass is 35.5. The quantitative estimate of drug-likeness (QED) is 0.798. The molecule has 0 spiro atoms. The number of benzene rings is 2. The molecule has 24 heavy (non-hydrogen) atoms. The molecule has 4 nitrogen and oxygen atoms in total. The molecule has 0 saturated heterocycles. The number of hydrogen-bond donors (Lipinski definition) is 2. The summed E-state index contributed by atoms with van der Waals surface area (Å²) in [6, 6.07) is 15.0. The number of anilines is 2. The summed E-state index contributed by atoms with van der Waals surface area (Å²) in [5, 5.41) is 2.92. The topological polar surface area (TPSA) is 64.4 Å². The third-order valence-corrected chi connectivity index (χ3v) is 4.07. The summed E-state index contributed by atoms with van der Waals surface area (Å²) in [5.74, 6) is 0.773. The lowest BCUT2D eigenvalue weighted by Crippen LogP contribution is -2.15. The first kappa shape index (κ1) is 18.1. The van der Waals surface area contributed by atoms with Crippen molar-refractivity contribution in [1.29, 1.82) is 0 Å². The molecule has 0 atom stereocenters. The predicted octanol–water partition coefficient (Wildman–Crippen LogP) is 4.19. The van der Waals surface area contributed by atoms with Crippen molar-refractivity contribution in [2.45, 2.75) is 38.2 Å². The largest absolute Gasteiger partial charge is 0.490 e. The van der Waals surface area contributed by atoms with Crippen LogP contribution in [0.5, 0.6) is 5.75 Å². The second-order valence-corrected chi connectivity index (χ2v) is 6.02. The van der Waals surface area contributed by atoms with Crippen molar-refractivity contribution < 1.29 is 9.53 Å². The number of hydrogen-bond acceptors (Lipinski definition) is 3. The van der Waals surface area contributed by atoms with Gasteiger partial charge in [0.2, 0.25) is 5.91 Å². The van der Waals surface area contributed by atoms with Gasteiger partial charge >= 0.3 is 0 Å². The molecule has 0 radical (unpaired) electrons. The smallest absolute Gasteiger partial charge is 0.228 e. The van der Waals surface area contributed by atoms with Gasteiger partial charge in [-0.2, -0.15) is 0 Å². The van der Waals surface area contributed by atoms with E-state index in [-0.39, 0.29) is 18.3 Å². The van der Waals surface area contributed by atoms with Crippen molar-refractivity contribution in [3.63, 3.8) is 0 Å². The normalized spacial score (nSPS) is 14.0. The van der Waals surface area contributed by atoms with E-state index in [9.17, 15) is 4.79 Å². The summed E-state index contributed by atoms with van der Waals surface area (Å²) >= 11 is 0. The third-order valence-electron chi connectivity index (χ3n) is 4.07. The number of carbonyl (C=O) groups is 1. The van der Waals surface area contributed by atoms with Gasteiger partial charge in [-0.15, -0.1) is 12.4 Å². The standard InChI is InChI=1S/C19H22N2O2.ClH/c20-15-10-8-14(9-11-15)12-19(22)21-16-4-3-7-18(13-16)23-17-5-1-2-6-17;/h3-4,7-11,13,17H,1-2,5-6,12,20H2,(H,21,22);1H. The summed E-state index contributed by atoms with van der Waals surface area (Å²) in [6.07, 6.45) is 5.36. The second-order valence-electron chi connectivity index (χ2n) is 6.02. The zero-order valence-electron chi connectivity index (χ0n) is 13.5. The van der Waals surface area contributed by atoms with Crippen molar-refractivity contribution >= 4 is 29.7 Å². The fourth-order valence-electron chi connectivity index (χ4n) is 2.87. The highest BCUT2D eigenvalue weighted by Gasteiger charge is 2.16. The van der Waals surface area contributed by atoms with Crippen LogP contribution >= 0.6 is 12.4 Å². The Kier molecular flexibility index (Phi) is 6.50. The summed E-state index contributed by atoms with van der Waals surface area (Å²) < 4.78 is 5.96. The van der Waals surface area contributed by atoms with Gasteiger partial charge in [-0.25, -0.2) is 0 Å². The highest BCUT2D eigenvalue weighted by Crippen LogP contribution is 2.25. The average Bonchev–Trinajstić information content (AvgIpc) is 3.03. The van der Waals surface area contributed by atoms with Crippen molar-refractivity contribution in [2.75, 3.05) is 11.1 Å². The van der Waals surface area contributed by atoms with E-state index in [2.05, 4.69) is 5.32 Å². The number of nitrogens with two attached hydrogens (primary N) is 1. The predicted molar refractivity (Wildman–Crippen MR) is 99.8 cm³/mol. The Balaban J connectivity index is 0.00000208. The number of nitrogen functional groups attached to an aromatic ring is 1. The van der Waals surface area contributed by atoms with Crippen LogP contribution in [0.1, 0.15) is 31.2 Å². The maximum Gasteiger partial charge on any atom is 0.228 e. The van der Waals surface area contributed by atoms with E-state index in [1.807, 2.05) is 36.4 Å². The number of halogens is 1. The molecule has 1 aliphatic carbocycles. The first-order valence-electron chi connectivity index (χ1n) is 8.10. The van der Waals surface area contributed by atoms with Gasteiger partial charge in [0, 0.05) is 17.4 Å². The SMILES string of the molecule is Cl.Nc1ccc(CC(=O)Nc2cccc(OC3CCCC3)c2)cc1.